The van der Waals surface area contributed by atoms with Crippen molar-refractivity contribution in [3.05, 3.63) is 66.0 Å². The number of rotatable bonds is 5. The van der Waals surface area contributed by atoms with Crippen molar-refractivity contribution in [3.63, 3.8) is 0 Å². The molecule has 0 fully saturated rings. The van der Waals surface area contributed by atoms with Gasteiger partial charge in [0.25, 0.3) is 0 Å². The number of nitrogens with two attached hydrogens (primary N) is 1. The van der Waals surface area contributed by atoms with E-state index in [1.807, 2.05) is 42.5 Å². The number of para-hydroxylation sites is 3. The van der Waals surface area contributed by atoms with Crippen LogP contribution in [0, 0.1) is 22.7 Å². The Labute approximate surface area is 133 Å². The standard InChI is InChI=1S/C17H13N5O/c18-10-14(20)16(11-19)22-12-21-15-8-4-5-9-17(15)23-13-6-2-1-3-7-13/h1-9,12H,20H2,(H,21,22). The van der Waals surface area contributed by atoms with Crippen LogP contribution < -0.4 is 15.8 Å². The van der Waals surface area contributed by atoms with E-state index in [1.54, 1.807) is 24.3 Å². The van der Waals surface area contributed by atoms with E-state index < -0.39 is 0 Å². The van der Waals surface area contributed by atoms with Crippen LogP contribution in [0.5, 0.6) is 11.5 Å². The highest BCUT2D eigenvalue weighted by Crippen LogP contribution is 2.28. The van der Waals surface area contributed by atoms with Crippen molar-refractivity contribution in [3.8, 4) is 23.6 Å². The summed E-state index contributed by atoms with van der Waals surface area (Å²) in [6.45, 7) is 0. The summed E-state index contributed by atoms with van der Waals surface area (Å²) in [5, 5.41) is 20.4. The molecule has 0 aliphatic heterocycles. The minimum absolute atomic E-state index is 0.151. The quantitative estimate of drug-likeness (QED) is 0.501. The maximum absolute atomic E-state index is 8.87. The van der Waals surface area contributed by atoms with Crippen molar-refractivity contribution in [1.82, 2.24) is 0 Å². The second kappa shape index (κ2) is 7.87. The summed E-state index contributed by atoms with van der Waals surface area (Å²) in [5.41, 5.74) is 5.64. The number of ether oxygens (including phenoxy) is 1. The Morgan fingerprint density at radius 2 is 1.74 bits per heavy atom. The fraction of sp³-hybridized carbons (Fsp3) is 0. The smallest absolute Gasteiger partial charge is 0.175 e. The first kappa shape index (κ1) is 15.6. The summed E-state index contributed by atoms with van der Waals surface area (Å²) >= 11 is 0. The lowest BCUT2D eigenvalue weighted by molar-refractivity contribution is 0.485. The van der Waals surface area contributed by atoms with Gasteiger partial charge in [-0.15, -0.1) is 0 Å². The molecule has 0 aromatic heterocycles. The van der Waals surface area contributed by atoms with Crippen LogP contribution in [-0.4, -0.2) is 6.34 Å². The summed E-state index contributed by atoms with van der Waals surface area (Å²) in [7, 11) is 0. The molecule has 0 atom stereocenters. The molecule has 0 radical (unpaired) electrons. The van der Waals surface area contributed by atoms with Crippen molar-refractivity contribution >= 4 is 12.0 Å². The molecule has 6 nitrogen and oxygen atoms in total. The molecule has 2 rings (SSSR count). The SMILES string of the molecule is N#CC(N)=C(C#N)N=CNc1ccccc1Oc1ccccc1. The average molecular weight is 303 g/mol. The minimum Gasteiger partial charge on any atom is -0.455 e. The van der Waals surface area contributed by atoms with Gasteiger partial charge >= 0.3 is 0 Å². The molecular weight excluding hydrogens is 290 g/mol. The summed E-state index contributed by atoms with van der Waals surface area (Å²) < 4.78 is 5.78. The Hall–Kier alpha value is -3.77. The molecule has 3 N–H and O–H groups in total. The van der Waals surface area contributed by atoms with E-state index in [1.165, 1.54) is 6.34 Å². The largest absolute Gasteiger partial charge is 0.455 e. The van der Waals surface area contributed by atoms with Crippen LogP contribution in [0.3, 0.4) is 0 Å². The molecule has 0 spiro atoms. The van der Waals surface area contributed by atoms with Gasteiger partial charge in [-0.2, -0.15) is 10.5 Å². The monoisotopic (exact) mass is 303 g/mol. The van der Waals surface area contributed by atoms with E-state index in [0.29, 0.717) is 17.2 Å². The molecule has 6 heteroatoms. The molecule has 0 saturated carbocycles. The third kappa shape index (κ3) is 4.35. The third-order valence-corrected chi connectivity index (χ3v) is 2.75. The Bertz CT molecular complexity index is 813. The van der Waals surface area contributed by atoms with Crippen LogP contribution in [0.25, 0.3) is 0 Å². The molecule has 112 valence electrons. The number of nitriles is 2. The molecule has 0 aliphatic carbocycles. The molecule has 0 heterocycles. The van der Waals surface area contributed by atoms with E-state index in [-0.39, 0.29) is 11.4 Å². The lowest BCUT2D eigenvalue weighted by Crippen LogP contribution is -2.01. The number of nitrogens with zero attached hydrogens (tertiary/aromatic N) is 3. The van der Waals surface area contributed by atoms with Crippen molar-refractivity contribution in [2.24, 2.45) is 10.7 Å². The van der Waals surface area contributed by atoms with Gasteiger partial charge in [0.05, 0.1) is 12.0 Å². The van der Waals surface area contributed by atoms with Crippen LogP contribution in [-0.2, 0) is 0 Å². The number of hydrogen-bond donors (Lipinski definition) is 2. The van der Waals surface area contributed by atoms with Gasteiger partial charge in [0.1, 0.15) is 23.6 Å². The first-order valence-corrected chi connectivity index (χ1v) is 6.65. The number of anilines is 1. The second-order valence-electron chi connectivity index (χ2n) is 4.30. The van der Waals surface area contributed by atoms with Gasteiger partial charge in [0.15, 0.2) is 11.4 Å². The Morgan fingerprint density at radius 1 is 1.04 bits per heavy atom. The summed E-state index contributed by atoms with van der Waals surface area (Å²) in [5.74, 6) is 1.30. The first-order valence-electron chi connectivity index (χ1n) is 6.65. The lowest BCUT2D eigenvalue weighted by atomic mass is 10.3. The predicted octanol–water partition coefficient (Wildman–Crippen LogP) is 3.14. The van der Waals surface area contributed by atoms with Gasteiger partial charge in [0.2, 0.25) is 0 Å². The number of nitrogens with one attached hydrogen (secondary N) is 1. The molecule has 0 bridgehead atoms. The van der Waals surface area contributed by atoms with Crippen molar-refractivity contribution in [2.75, 3.05) is 5.32 Å². The van der Waals surface area contributed by atoms with Crippen molar-refractivity contribution in [2.45, 2.75) is 0 Å². The summed E-state index contributed by atoms with van der Waals surface area (Å²) in [6, 6.07) is 20.0. The highest BCUT2D eigenvalue weighted by Gasteiger charge is 2.03. The number of hydrogen-bond acceptors (Lipinski definition) is 5. The Morgan fingerprint density at radius 3 is 2.43 bits per heavy atom. The van der Waals surface area contributed by atoms with Crippen molar-refractivity contribution in [1.29, 1.82) is 10.5 Å². The van der Waals surface area contributed by atoms with E-state index in [9.17, 15) is 0 Å². The second-order valence-corrected chi connectivity index (χ2v) is 4.30. The fourth-order valence-electron chi connectivity index (χ4n) is 1.67. The molecule has 2 aromatic rings. The zero-order valence-electron chi connectivity index (χ0n) is 12.1. The highest BCUT2D eigenvalue weighted by molar-refractivity contribution is 5.80. The number of benzene rings is 2. The summed E-state index contributed by atoms with van der Waals surface area (Å²) in [6.07, 6.45) is 1.29. The zero-order valence-corrected chi connectivity index (χ0v) is 12.1. The molecule has 0 saturated heterocycles. The molecule has 23 heavy (non-hydrogen) atoms. The number of aliphatic imine (C=N–C) groups is 1. The number of allylic oxidation sites excluding steroid dienone is 2. The van der Waals surface area contributed by atoms with Crippen LogP contribution in [0.2, 0.25) is 0 Å². The lowest BCUT2D eigenvalue weighted by Gasteiger charge is -2.10. The first-order chi connectivity index (χ1) is 11.2. The van der Waals surface area contributed by atoms with Gasteiger partial charge in [-0.25, -0.2) is 4.99 Å². The van der Waals surface area contributed by atoms with E-state index in [4.69, 9.17) is 21.0 Å². The van der Waals surface area contributed by atoms with E-state index in [2.05, 4.69) is 10.3 Å². The van der Waals surface area contributed by atoms with Gasteiger partial charge in [-0.05, 0) is 24.3 Å². The minimum atomic E-state index is -0.237. The maximum Gasteiger partial charge on any atom is 0.175 e. The van der Waals surface area contributed by atoms with Crippen LogP contribution in [0.15, 0.2) is 71.0 Å². The predicted molar refractivity (Wildman–Crippen MR) is 87.5 cm³/mol. The third-order valence-electron chi connectivity index (χ3n) is 2.75. The molecular formula is C17H13N5O. The van der Waals surface area contributed by atoms with Crippen LogP contribution >= 0.6 is 0 Å². The van der Waals surface area contributed by atoms with Crippen LogP contribution in [0.1, 0.15) is 0 Å². The fourth-order valence-corrected chi connectivity index (χ4v) is 1.67. The highest BCUT2D eigenvalue weighted by atomic mass is 16.5. The zero-order chi connectivity index (χ0) is 16.5. The Kier molecular flexibility index (Phi) is 5.34. The molecule has 0 amide bonds. The van der Waals surface area contributed by atoms with E-state index in [0.717, 1.165) is 0 Å². The van der Waals surface area contributed by atoms with E-state index >= 15 is 0 Å². The van der Waals surface area contributed by atoms with Gasteiger partial charge in [0, 0.05) is 0 Å². The summed E-state index contributed by atoms with van der Waals surface area (Å²) in [4.78, 5) is 3.84. The van der Waals surface area contributed by atoms with Crippen molar-refractivity contribution < 1.29 is 4.74 Å². The van der Waals surface area contributed by atoms with Crippen LogP contribution in [0.4, 0.5) is 5.69 Å². The van der Waals surface area contributed by atoms with Gasteiger partial charge < -0.3 is 15.8 Å². The normalized spacial score (nSPS) is 11.2. The van der Waals surface area contributed by atoms with Gasteiger partial charge in [-0.1, -0.05) is 30.3 Å². The molecule has 2 aromatic carbocycles. The van der Waals surface area contributed by atoms with Gasteiger partial charge in [-0.3, -0.25) is 0 Å². The maximum atomic E-state index is 8.87. The topological polar surface area (TPSA) is 107 Å². The Balaban J connectivity index is 2.16. The average Bonchev–Trinajstić information content (AvgIpc) is 2.60. The molecule has 0 aliphatic rings. The molecule has 0 unspecified atom stereocenters.